The third-order valence-corrected chi connectivity index (χ3v) is 3.33. The van der Waals surface area contributed by atoms with E-state index in [1.165, 1.54) is 6.07 Å². The van der Waals surface area contributed by atoms with Crippen molar-refractivity contribution < 1.29 is 33.8 Å². The molecule has 1 aromatic carbocycles. The van der Waals surface area contributed by atoms with E-state index < -0.39 is 23.6 Å². The summed E-state index contributed by atoms with van der Waals surface area (Å²) in [6, 6.07) is 7.36. The van der Waals surface area contributed by atoms with Crippen LogP contribution >= 0.6 is 0 Å². The second kappa shape index (κ2) is 8.35. The molecule has 1 amide bonds. The third-order valence-electron chi connectivity index (χ3n) is 3.33. The smallest absolute Gasteiger partial charge is 0.504 e. The van der Waals surface area contributed by atoms with Gasteiger partial charge in [0.15, 0.2) is 17.8 Å². The summed E-state index contributed by atoms with van der Waals surface area (Å²) in [7, 11) is 0. The topological polar surface area (TPSA) is 150 Å². The number of hydrogen-bond acceptors (Lipinski definition) is 7. The van der Waals surface area contributed by atoms with E-state index in [1.54, 1.807) is 25.1 Å². The Morgan fingerprint density at radius 1 is 1.37 bits per heavy atom. The number of phenols is 1. The SMILES string of the molecule is Cc1ccc(CNC(=O)/C(C#N)=C/c2cc(O)c(OC(=O)O)c(C=O)c2)o1. The number of carboxylic acid groups (broad SMARTS) is 1. The van der Waals surface area contributed by atoms with Gasteiger partial charge in [0.1, 0.15) is 23.2 Å². The molecule has 9 nitrogen and oxygen atoms in total. The van der Waals surface area contributed by atoms with Crippen LogP contribution in [0.25, 0.3) is 6.08 Å². The van der Waals surface area contributed by atoms with E-state index in [-0.39, 0.29) is 29.5 Å². The molecule has 0 bridgehead atoms. The minimum Gasteiger partial charge on any atom is -0.504 e. The highest BCUT2D eigenvalue weighted by atomic mass is 16.7. The Hall–Kier alpha value is -4.06. The van der Waals surface area contributed by atoms with Crippen molar-refractivity contribution >= 4 is 24.4 Å². The van der Waals surface area contributed by atoms with E-state index in [0.29, 0.717) is 11.5 Å². The molecular weight excluding hydrogens is 356 g/mol. The van der Waals surface area contributed by atoms with Crippen LogP contribution < -0.4 is 10.1 Å². The normalized spacial score (nSPS) is 10.7. The first kappa shape index (κ1) is 19.3. The van der Waals surface area contributed by atoms with Crippen molar-refractivity contribution in [3.8, 4) is 17.6 Å². The Bertz CT molecular complexity index is 967. The van der Waals surface area contributed by atoms with Crippen molar-refractivity contribution in [2.24, 2.45) is 0 Å². The van der Waals surface area contributed by atoms with E-state index >= 15 is 0 Å². The van der Waals surface area contributed by atoms with E-state index in [9.17, 15) is 24.8 Å². The standard InChI is InChI=1S/C18H14N2O7/c1-10-2-3-14(26-10)8-20-17(23)12(7-19)4-11-5-13(9-21)16(15(22)6-11)27-18(24)25/h2-6,9,22H,8H2,1H3,(H,20,23)(H,24,25)/b12-4+. The zero-order valence-electron chi connectivity index (χ0n) is 14.1. The monoisotopic (exact) mass is 370 g/mol. The summed E-state index contributed by atoms with van der Waals surface area (Å²) in [5, 5.41) is 30.2. The largest absolute Gasteiger partial charge is 0.511 e. The number of nitrogens with one attached hydrogen (secondary N) is 1. The average Bonchev–Trinajstić information content (AvgIpc) is 3.04. The molecule has 0 fully saturated rings. The number of carbonyl (C=O) groups is 3. The van der Waals surface area contributed by atoms with Gasteiger partial charge in [-0.25, -0.2) is 4.79 Å². The van der Waals surface area contributed by atoms with E-state index in [1.807, 2.05) is 0 Å². The molecule has 2 rings (SSSR count). The summed E-state index contributed by atoms with van der Waals surface area (Å²) in [6.07, 6.45) is -0.289. The number of aryl methyl sites for hydroxylation is 1. The lowest BCUT2D eigenvalue weighted by atomic mass is 10.1. The minimum absolute atomic E-state index is 0.0713. The molecule has 138 valence electrons. The van der Waals surface area contributed by atoms with Crippen molar-refractivity contribution in [2.45, 2.75) is 13.5 Å². The van der Waals surface area contributed by atoms with Crippen LogP contribution in [0.1, 0.15) is 27.4 Å². The number of amides is 1. The molecule has 0 aliphatic rings. The van der Waals surface area contributed by atoms with Gasteiger partial charge in [0, 0.05) is 0 Å². The number of furan rings is 1. The van der Waals surface area contributed by atoms with Crippen LogP contribution in [0.2, 0.25) is 0 Å². The first-order valence-electron chi connectivity index (χ1n) is 7.52. The lowest BCUT2D eigenvalue weighted by Gasteiger charge is -2.08. The van der Waals surface area contributed by atoms with Crippen molar-refractivity contribution in [3.05, 3.63) is 52.5 Å². The molecule has 0 aliphatic carbocycles. The molecule has 0 saturated carbocycles. The molecule has 9 heteroatoms. The first-order chi connectivity index (χ1) is 12.8. The van der Waals surface area contributed by atoms with Crippen LogP contribution in [-0.2, 0) is 11.3 Å². The van der Waals surface area contributed by atoms with Gasteiger partial charge in [-0.15, -0.1) is 0 Å². The van der Waals surface area contributed by atoms with Crippen LogP contribution in [0.15, 0.2) is 34.3 Å². The minimum atomic E-state index is -1.71. The van der Waals surface area contributed by atoms with Crippen LogP contribution in [-0.4, -0.2) is 28.6 Å². The Kier molecular flexibility index (Phi) is 5.96. The summed E-state index contributed by atoms with van der Waals surface area (Å²) in [6.45, 7) is 1.82. The summed E-state index contributed by atoms with van der Waals surface area (Å²) in [5.41, 5.74) is -0.415. The summed E-state index contributed by atoms with van der Waals surface area (Å²) < 4.78 is 9.66. The first-order valence-corrected chi connectivity index (χ1v) is 7.52. The fourth-order valence-electron chi connectivity index (χ4n) is 2.19. The Labute approximate surface area is 153 Å². The number of benzene rings is 1. The maximum absolute atomic E-state index is 12.1. The van der Waals surface area contributed by atoms with Gasteiger partial charge in [0.25, 0.3) is 5.91 Å². The molecule has 1 heterocycles. The second-order valence-electron chi connectivity index (χ2n) is 5.31. The number of hydrogen-bond donors (Lipinski definition) is 3. The second-order valence-corrected chi connectivity index (χ2v) is 5.31. The molecular formula is C18H14N2O7. The molecule has 27 heavy (non-hydrogen) atoms. The Balaban J connectivity index is 2.24. The van der Waals surface area contributed by atoms with Crippen molar-refractivity contribution in [1.82, 2.24) is 5.32 Å². The molecule has 0 atom stereocenters. The average molecular weight is 370 g/mol. The zero-order chi connectivity index (χ0) is 20.0. The highest BCUT2D eigenvalue weighted by Gasteiger charge is 2.16. The summed E-state index contributed by atoms with van der Waals surface area (Å²) in [4.78, 5) is 33.8. The Morgan fingerprint density at radius 2 is 2.11 bits per heavy atom. The van der Waals surface area contributed by atoms with Gasteiger partial charge in [-0.05, 0) is 42.8 Å². The molecule has 0 spiro atoms. The van der Waals surface area contributed by atoms with Crippen LogP contribution in [0, 0.1) is 18.3 Å². The van der Waals surface area contributed by atoms with Gasteiger partial charge in [-0.1, -0.05) is 0 Å². The lowest BCUT2D eigenvalue weighted by molar-refractivity contribution is -0.117. The van der Waals surface area contributed by atoms with Crippen molar-refractivity contribution in [1.29, 1.82) is 5.26 Å². The van der Waals surface area contributed by atoms with Crippen molar-refractivity contribution in [3.63, 3.8) is 0 Å². The van der Waals surface area contributed by atoms with E-state index in [4.69, 9.17) is 9.52 Å². The van der Waals surface area contributed by atoms with Crippen LogP contribution in [0.4, 0.5) is 4.79 Å². The number of nitrogens with zero attached hydrogens (tertiary/aromatic N) is 1. The number of aromatic hydroxyl groups is 1. The molecule has 1 aromatic heterocycles. The fourth-order valence-corrected chi connectivity index (χ4v) is 2.19. The molecule has 0 radical (unpaired) electrons. The number of rotatable bonds is 6. The highest BCUT2D eigenvalue weighted by molar-refractivity contribution is 6.02. The summed E-state index contributed by atoms with van der Waals surface area (Å²) >= 11 is 0. The van der Waals surface area contributed by atoms with Crippen LogP contribution in [0.3, 0.4) is 0 Å². The van der Waals surface area contributed by atoms with E-state index in [2.05, 4.69) is 10.1 Å². The zero-order valence-corrected chi connectivity index (χ0v) is 14.1. The van der Waals surface area contributed by atoms with Crippen molar-refractivity contribution in [2.75, 3.05) is 0 Å². The predicted molar refractivity (Wildman–Crippen MR) is 91.0 cm³/mol. The Morgan fingerprint density at radius 3 is 2.67 bits per heavy atom. The number of carbonyl (C=O) groups excluding carboxylic acids is 2. The van der Waals surface area contributed by atoms with Gasteiger partial charge in [-0.3, -0.25) is 9.59 Å². The van der Waals surface area contributed by atoms with Gasteiger partial charge >= 0.3 is 6.16 Å². The number of aldehydes is 1. The quantitative estimate of drug-likeness (QED) is 0.231. The summed E-state index contributed by atoms with van der Waals surface area (Å²) in [5.74, 6) is -0.669. The molecule has 3 N–H and O–H groups in total. The molecule has 0 unspecified atom stereocenters. The maximum Gasteiger partial charge on any atom is 0.511 e. The van der Waals surface area contributed by atoms with Gasteiger partial charge in [0.2, 0.25) is 0 Å². The molecule has 0 aliphatic heterocycles. The molecule has 0 saturated heterocycles. The lowest BCUT2D eigenvalue weighted by Crippen LogP contribution is -2.23. The van der Waals surface area contributed by atoms with E-state index in [0.717, 1.165) is 12.1 Å². The van der Waals surface area contributed by atoms with Gasteiger partial charge < -0.3 is 24.7 Å². The predicted octanol–water partition coefficient (Wildman–Crippen LogP) is 2.39. The number of ether oxygens (including phenoxy) is 1. The fraction of sp³-hybridized carbons (Fsp3) is 0.111. The number of phenolic OH excluding ortho intramolecular Hbond substituents is 1. The van der Waals surface area contributed by atoms with Gasteiger partial charge in [-0.2, -0.15) is 5.26 Å². The number of nitriles is 1. The van der Waals surface area contributed by atoms with Gasteiger partial charge in [0.05, 0.1) is 12.1 Å². The molecule has 2 aromatic rings. The van der Waals surface area contributed by atoms with Crippen LogP contribution in [0.5, 0.6) is 11.5 Å². The highest BCUT2D eigenvalue weighted by Crippen LogP contribution is 2.32. The third kappa shape index (κ3) is 4.96. The maximum atomic E-state index is 12.1.